The summed E-state index contributed by atoms with van der Waals surface area (Å²) in [5.74, 6) is 12.9. The van der Waals surface area contributed by atoms with E-state index in [4.69, 9.17) is 20.4 Å². The summed E-state index contributed by atoms with van der Waals surface area (Å²) >= 11 is 0. The first-order chi connectivity index (χ1) is 13.6. The zero-order valence-electron chi connectivity index (χ0n) is 18.6. The lowest BCUT2D eigenvalue weighted by molar-refractivity contribution is -0.112. The molecule has 4 unspecified atom stereocenters. The third kappa shape index (κ3) is 64.0. The molecule has 0 aromatic heterocycles. The molecule has 0 aliphatic heterocycles. The van der Waals surface area contributed by atoms with E-state index in [1.807, 2.05) is 0 Å². The molecule has 0 aliphatic rings. The Morgan fingerprint density at radius 3 is 0.933 bits per heavy atom. The summed E-state index contributed by atoms with van der Waals surface area (Å²) in [6.45, 7) is 13.5. The molecule has 0 fully saturated rings. The highest BCUT2D eigenvalue weighted by molar-refractivity contribution is 5.94. The van der Waals surface area contributed by atoms with Gasteiger partial charge in [0, 0.05) is 20.8 Å². The van der Waals surface area contributed by atoms with Crippen LogP contribution in [0.3, 0.4) is 0 Å². The van der Waals surface area contributed by atoms with E-state index in [2.05, 4.69) is 47.8 Å². The highest BCUT2D eigenvalue weighted by Crippen LogP contribution is 1.75. The predicted octanol–water partition coefficient (Wildman–Crippen LogP) is 0.587. The first kappa shape index (κ1) is 34.5. The summed E-state index contributed by atoms with van der Waals surface area (Å²) in [7, 11) is 0. The van der Waals surface area contributed by atoms with E-state index in [0.29, 0.717) is 0 Å². The minimum Gasteiger partial charge on any atom is -0.389 e. The Morgan fingerprint density at radius 1 is 0.667 bits per heavy atom. The molecule has 7 heteroatoms. The van der Waals surface area contributed by atoms with Gasteiger partial charge in [-0.3, -0.25) is 14.4 Å². The fourth-order valence-electron chi connectivity index (χ4n) is 0.789. The van der Waals surface area contributed by atoms with Gasteiger partial charge in [-0.05, 0) is 51.5 Å². The fourth-order valence-corrected chi connectivity index (χ4v) is 0.789. The second-order valence-electron chi connectivity index (χ2n) is 5.62. The number of aliphatic hydroxyl groups excluding tert-OH is 4. The van der Waals surface area contributed by atoms with Crippen LogP contribution in [0, 0.1) is 35.5 Å². The maximum absolute atomic E-state index is 10.1. The van der Waals surface area contributed by atoms with Gasteiger partial charge in [0.15, 0.2) is 0 Å². The van der Waals surface area contributed by atoms with Crippen molar-refractivity contribution in [3.8, 4) is 35.5 Å². The Labute approximate surface area is 179 Å². The van der Waals surface area contributed by atoms with Crippen molar-refractivity contribution >= 4 is 17.3 Å². The molecule has 0 rings (SSSR count). The topological polar surface area (TPSA) is 132 Å². The van der Waals surface area contributed by atoms with Gasteiger partial charge < -0.3 is 20.4 Å². The number of carbonyl (C=O) groups excluding carboxylic acids is 3. The zero-order chi connectivity index (χ0) is 24.7. The Hall–Kier alpha value is -2.95. The largest absolute Gasteiger partial charge is 0.389 e. The lowest BCUT2D eigenvalue weighted by Gasteiger charge is -1.84. The normalized spacial score (nSPS) is 11.6. The van der Waals surface area contributed by atoms with Gasteiger partial charge in [-0.25, -0.2) is 0 Å². The summed E-state index contributed by atoms with van der Waals surface area (Å²) in [4.78, 5) is 30.2. The number of Topliss-reactive ketones (excluding diaryl/α,β-unsaturated/α-hetero) is 3. The van der Waals surface area contributed by atoms with Gasteiger partial charge in [0.05, 0.1) is 6.10 Å². The Morgan fingerprint density at radius 2 is 0.900 bits per heavy atom. The number of rotatable bonds is 1. The maximum Gasteiger partial charge on any atom is 0.202 e. The second-order valence-corrected chi connectivity index (χ2v) is 5.62. The van der Waals surface area contributed by atoms with Crippen LogP contribution in [0.4, 0.5) is 0 Å². The Kier molecular flexibility index (Phi) is 27.7. The van der Waals surface area contributed by atoms with Crippen LogP contribution >= 0.6 is 0 Å². The van der Waals surface area contributed by atoms with E-state index < -0.39 is 24.4 Å². The van der Waals surface area contributed by atoms with Gasteiger partial charge in [0.1, 0.15) is 18.3 Å². The highest BCUT2D eigenvalue weighted by atomic mass is 16.3. The molecule has 0 saturated carbocycles. The minimum atomic E-state index is -0.695. The summed E-state index contributed by atoms with van der Waals surface area (Å²) in [6.07, 6.45) is -1.00. The van der Waals surface area contributed by atoms with Crippen LogP contribution in [-0.2, 0) is 14.4 Å². The molecule has 166 valence electrons. The summed E-state index contributed by atoms with van der Waals surface area (Å²) in [6, 6.07) is 0. The third-order valence-corrected chi connectivity index (χ3v) is 1.73. The molecule has 30 heavy (non-hydrogen) atoms. The van der Waals surface area contributed by atoms with Crippen molar-refractivity contribution in [2.45, 2.75) is 72.9 Å². The highest BCUT2D eigenvalue weighted by Gasteiger charge is 1.85. The van der Waals surface area contributed by atoms with Gasteiger partial charge in [-0.2, -0.15) is 0 Å². The van der Waals surface area contributed by atoms with Crippen molar-refractivity contribution in [3.05, 3.63) is 18.4 Å². The van der Waals surface area contributed by atoms with Crippen molar-refractivity contribution in [2.24, 2.45) is 0 Å². The lowest BCUT2D eigenvalue weighted by Crippen LogP contribution is -1.94. The van der Waals surface area contributed by atoms with Crippen LogP contribution in [0.1, 0.15) is 48.5 Å². The number of carbonyl (C=O) groups is 3. The summed E-state index contributed by atoms with van der Waals surface area (Å²) in [5.41, 5.74) is 2.44. The number of hydrogen-bond donors (Lipinski definition) is 4. The van der Waals surface area contributed by atoms with Crippen LogP contribution in [0.2, 0.25) is 0 Å². The van der Waals surface area contributed by atoms with Crippen LogP contribution in [0.25, 0.3) is 0 Å². The smallest absolute Gasteiger partial charge is 0.202 e. The second kappa shape index (κ2) is 24.1. The van der Waals surface area contributed by atoms with Gasteiger partial charge in [0.25, 0.3) is 0 Å². The Bertz CT molecular complexity index is 648. The molecular formula is C23H32O7. The zero-order valence-corrected chi connectivity index (χ0v) is 18.6. The number of ketones is 3. The first-order valence-corrected chi connectivity index (χ1v) is 8.80. The van der Waals surface area contributed by atoms with Crippen molar-refractivity contribution < 1.29 is 34.8 Å². The van der Waals surface area contributed by atoms with E-state index in [1.54, 1.807) is 6.92 Å². The maximum atomic E-state index is 10.1. The molecule has 0 amide bonds. The lowest BCUT2D eigenvalue weighted by atomic mass is 10.4. The molecule has 0 aliphatic carbocycles. The van der Waals surface area contributed by atoms with Crippen LogP contribution in [0.5, 0.6) is 0 Å². The number of hydrogen-bond acceptors (Lipinski definition) is 7. The fraction of sp³-hybridized carbons (Fsp3) is 0.478. The molecule has 0 heterocycles. The molecule has 4 N–H and O–H groups in total. The molecule has 0 saturated heterocycles. The molecule has 7 nitrogen and oxygen atoms in total. The van der Waals surface area contributed by atoms with E-state index in [-0.39, 0.29) is 17.3 Å². The summed E-state index contributed by atoms with van der Waals surface area (Å²) in [5, 5.41) is 33.8. The molecule has 0 radical (unpaired) electrons. The average Bonchev–Trinajstić information content (AvgIpc) is 2.58. The van der Waals surface area contributed by atoms with Crippen molar-refractivity contribution in [2.75, 3.05) is 0 Å². The third-order valence-electron chi connectivity index (χ3n) is 1.73. The van der Waals surface area contributed by atoms with E-state index in [1.165, 1.54) is 47.6 Å². The van der Waals surface area contributed by atoms with Crippen molar-refractivity contribution in [3.63, 3.8) is 0 Å². The Balaban J connectivity index is -0.000000151. The van der Waals surface area contributed by atoms with Crippen molar-refractivity contribution in [1.29, 1.82) is 0 Å². The molecular weight excluding hydrogens is 388 g/mol. The predicted molar refractivity (Wildman–Crippen MR) is 116 cm³/mol. The monoisotopic (exact) mass is 420 g/mol. The summed E-state index contributed by atoms with van der Waals surface area (Å²) < 4.78 is 0. The van der Waals surface area contributed by atoms with E-state index in [9.17, 15) is 14.4 Å². The molecule has 0 aromatic rings. The molecule has 0 spiro atoms. The van der Waals surface area contributed by atoms with Gasteiger partial charge >= 0.3 is 0 Å². The van der Waals surface area contributed by atoms with E-state index >= 15 is 0 Å². The molecule has 0 aromatic carbocycles. The van der Waals surface area contributed by atoms with Gasteiger partial charge in [-0.1, -0.05) is 24.3 Å². The minimum absolute atomic E-state index is 0.217. The van der Waals surface area contributed by atoms with Gasteiger partial charge in [-0.15, -0.1) is 5.73 Å². The molecule has 0 bridgehead atoms. The number of aliphatic hydroxyl groups is 4. The van der Waals surface area contributed by atoms with E-state index in [0.717, 1.165) is 0 Å². The molecule has 4 atom stereocenters. The van der Waals surface area contributed by atoms with Crippen molar-refractivity contribution in [1.82, 2.24) is 0 Å². The standard InChI is InChI=1S/3C6H8O2.C5H8O/c3*1-5(7)3-4-6(2)8;1-3-4-5(2)6/h3*5,7H,1-2H3;4-6H,1H2,2H3. The van der Waals surface area contributed by atoms with Crippen LogP contribution in [-0.4, -0.2) is 62.2 Å². The SMILES string of the molecule is C=C=CC(C)O.CC(=O)C#CC(C)O.CC(=O)C#CC(C)O.CC(=O)C#CC(C)O. The quantitative estimate of drug-likeness (QED) is 0.277. The van der Waals surface area contributed by atoms with Crippen LogP contribution in [0.15, 0.2) is 18.4 Å². The van der Waals surface area contributed by atoms with Gasteiger partial charge in [0.2, 0.25) is 17.3 Å². The average molecular weight is 421 g/mol. The van der Waals surface area contributed by atoms with Crippen LogP contribution < -0.4 is 0 Å². The first-order valence-electron chi connectivity index (χ1n) is 8.80.